The van der Waals surface area contributed by atoms with Crippen LogP contribution in [0.2, 0.25) is 0 Å². The summed E-state index contributed by atoms with van der Waals surface area (Å²) in [7, 11) is 1.73. The Morgan fingerprint density at radius 1 is 1.29 bits per heavy atom. The van der Waals surface area contributed by atoms with Crippen molar-refractivity contribution in [2.45, 2.75) is 26.4 Å². The van der Waals surface area contributed by atoms with Crippen LogP contribution in [0.15, 0.2) is 47.5 Å². The standard InChI is InChI=1S/C16H19N3O2/c1-3-14-9-15(20)19(12-17-14)11-16(21)18(2)10-13-7-5-4-6-8-13/h4-9,12H,3,10-11H2,1-2H3. The Morgan fingerprint density at radius 3 is 2.62 bits per heavy atom. The van der Waals surface area contributed by atoms with Crippen molar-refractivity contribution < 1.29 is 4.79 Å². The molecule has 0 aliphatic rings. The number of carbonyl (C=O) groups excluding carboxylic acids is 1. The second kappa shape index (κ2) is 6.83. The lowest BCUT2D eigenvalue weighted by molar-refractivity contribution is -0.131. The van der Waals surface area contributed by atoms with Gasteiger partial charge in [-0.1, -0.05) is 37.3 Å². The number of hydrogen-bond acceptors (Lipinski definition) is 3. The van der Waals surface area contributed by atoms with Gasteiger partial charge >= 0.3 is 0 Å². The highest BCUT2D eigenvalue weighted by Gasteiger charge is 2.11. The number of rotatable bonds is 5. The van der Waals surface area contributed by atoms with Gasteiger partial charge in [-0.25, -0.2) is 4.98 Å². The summed E-state index contributed by atoms with van der Waals surface area (Å²) in [5, 5.41) is 0. The molecule has 0 aliphatic heterocycles. The number of aromatic nitrogens is 2. The van der Waals surface area contributed by atoms with E-state index in [0.29, 0.717) is 13.0 Å². The van der Waals surface area contributed by atoms with Gasteiger partial charge in [0, 0.05) is 25.4 Å². The van der Waals surface area contributed by atoms with Gasteiger partial charge in [0.2, 0.25) is 5.91 Å². The molecular formula is C16H19N3O2. The average Bonchev–Trinajstić information content (AvgIpc) is 2.50. The Kier molecular flexibility index (Phi) is 4.87. The van der Waals surface area contributed by atoms with Gasteiger partial charge < -0.3 is 4.90 Å². The van der Waals surface area contributed by atoms with Crippen LogP contribution in [0.5, 0.6) is 0 Å². The molecule has 21 heavy (non-hydrogen) atoms. The molecule has 0 saturated heterocycles. The van der Waals surface area contributed by atoms with Crippen LogP contribution in [0.25, 0.3) is 0 Å². The summed E-state index contributed by atoms with van der Waals surface area (Å²) in [5.74, 6) is -0.119. The van der Waals surface area contributed by atoms with Crippen molar-refractivity contribution in [2.24, 2.45) is 0 Å². The molecule has 110 valence electrons. The van der Waals surface area contributed by atoms with Gasteiger partial charge in [-0.05, 0) is 12.0 Å². The molecule has 1 aromatic carbocycles. The lowest BCUT2D eigenvalue weighted by atomic mass is 10.2. The van der Waals surface area contributed by atoms with E-state index < -0.39 is 0 Å². The van der Waals surface area contributed by atoms with Crippen LogP contribution >= 0.6 is 0 Å². The Balaban J connectivity index is 2.02. The summed E-state index contributed by atoms with van der Waals surface area (Å²) in [6.07, 6.45) is 2.15. The molecule has 0 aliphatic carbocycles. The van der Waals surface area contributed by atoms with Crippen LogP contribution in [-0.2, 0) is 24.3 Å². The molecule has 5 nitrogen and oxygen atoms in total. The third kappa shape index (κ3) is 4.02. The maximum Gasteiger partial charge on any atom is 0.253 e. The zero-order valence-corrected chi connectivity index (χ0v) is 12.3. The molecule has 1 aromatic heterocycles. The first kappa shape index (κ1) is 15.0. The number of benzene rings is 1. The SMILES string of the molecule is CCc1cc(=O)n(CC(=O)N(C)Cc2ccccc2)cn1. The molecule has 0 unspecified atom stereocenters. The molecule has 2 aromatic rings. The van der Waals surface area contributed by atoms with Crippen molar-refractivity contribution in [3.8, 4) is 0 Å². The summed E-state index contributed by atoms with van der Waals surface area (Å²) < 4.78 is 1.34. The van der Waals surface area contributed by atoms with Gasteiger partial charge in [-0.2, -0.15) is 0 Å². The molecule has 0 saturated carbocycles. The van der Waals surface area contributed by atoms with Crippen molar-refractivity contribution in [1.82, 2.24) is 14.5 Å². The summed E-state index contributed by atoms with van der Waals surface area (Å²) in [6.45, 7) is 2.47. The van der Waals surface area contributed by atoms with Crippen LogP contribution < -0.4 is 5.56 Å². The number of hydrogen-bond donors (Lipinski definition) is 0. The molecule has 1 heterocycles. The van der Waals surface area contributed by atoms with Gasteiger partial charge in [-0.3, -0.25) is 14.2 Å². The fraction of sp³-hybridized carbons (Fsp3) is 0.312. The Hall–Kier alpha value is -2.43. The summed E-state index contributed by atoms with van der Waals surface area (Å²) in [5.41, 5.74) is 1.60. The molecule has 0 radical (unpaired) electrons. The van der Waals surface area contributed by atoms with Crippen molar-refractivity contribution in [1.29, 1.82) is 0 Å². The van der Waals surface area contributed by atoms with Crippen LogP contribution in [0.3, 0.4) is 0 Å². The van der Waals surface area contributed by atoms with Crippen LogP contribution in [-0.4, -0.2) is 27.4 Å². The van der Waals surface area contributed by atoms with E-state index in [4.69, 9.17) is 0 Å². The number of likely N-dealkylation sites (N-methyl/N-ethyl adjacent to an activating group) is 1. The molecule has 0 spiro atoms. The molecule has 5 heteroatoms. The van der Waals surface area contributed by atoms with Gasteiger partial charge in [0.25, 0.3) is 5.56 Å². The first-order valence-corrected chi connectivity index (χ1v) is 6.93. The zero-order chi connectivity index (χ0) is 15.2. The maximum atomic E-state index is 12.2. The second-order valence-electron chi connectivity index (χ2n) is 4.94. The van der Waals surface area contributed by atoms with E-state index in [-0.39, 0.29) is 18.0 Å². The normalized spacial score (nSPS) is 10.4. The van der Waals surface area contributed by atoms with Crippen molar-refractivity contribution >= 4 is 5.91 Å². The first-order chi connectivity index (χ1) is 10.1. The average molecular weight is 285 g/mol. The van der Waals surface area contributed by atoms with Crippen molar-refractivity contribution in [3.05, 3.63) is 64.3 Å². The zero-order valence-electron chi connectivity index (χ0n) is 12.3. The van der Waals surface area contributed by atoms with E-state index >= 15 is 0 Å². The Labute approximate surface area is 123 Å². The second-order valence-corrected chi connectivity index (χ2v) is 4.94. The predicted octanol–water partition coefficient (Wildman–Crippen LogP) is 1.46. The number of carbonyl (C=O) groups is 1. The molecule has 2 rings (SSSR count). The minimum Gasteiger partial charge on any atom is -0.340 e. The molecule has 0 atom stereocenters. The van der Waals surface area contributed by atoms with E-state index in [1.807, 2.05) is 37.3 Å². The highest BCUT2D eigenvalue weighted by Crippen LogP contribution is 2.03. The molecule has 0 N–H and O–H groups in total. The van der Waals surface area contributed by atoms with Crippen molar-refractivity contribution in [3.63, 3.8) is 0 Å². The van der Waals surface area contributed by atoms with Gasteiger partial charge in [0.15, 0.2) is 0 Å². The van der Waals surface area contributed by atoms with Crippen LogP contribution in [0.1, 0.15) is 18.2 Å². The van der Waals surface area contributed by atoms with E-state index in [1.54, 1.807) is 11.9 Å². The summed E-state index contributed by atoms with van der Waals surface area (Å²) in [6, 6.07) is 11.2. The molecular weight excluding hydrogens is 266 g/mol. The lowest BCUT2D eigenvalue weighted by Crippen LogP contribution is -2.33. The highest BCUT2D eigenvalue weighted by molar-refractivity contribution is 5.75. The van der Waals surface area contributed by atoms with Gasteiger partial charge in [0.05, 0.1) is 6.33 Å². The topological polar surface area (TPSA) is 55.2 Å². The Bertz CT molecular complexity index is 665. The third-order valence-electron chi connectivity index (χ3n) is 3.29. The smallest absolute Gasteiger partial charge is 0.253 e. The number of amides is 1. The molecule has 0 bridgehead atoms. The van der Waals surface area contributed by atoms with Crippen LogP contribution in [0.4, 0.5) is 0 Å². The Morgan fingerprint density at radius 2 is 2.00 bits per heavy atom. The number of aryl methyl sites for hydroxylation is 1. The predicted molar refractivity (Wildman–Crippen MR) is 80.8 cm³/mol. The largest absolute Gasteiger partial charge is 0.340 e. The number of nitrogens with zero attached hydrogens (tertiary/aromatic N) is 3. The van der Waals surface area contributed by atoms with E-state index in [1.165, 1.54) is 17.0 Å². The fourth-order valence-corrected chi connectivity index (χ4v) is 1.99. The van der Waals surface area contributed by atoms with Crippen LogP contribution in [0, 0.1) is 0 Å². The summed E-state index contributed by atoms with van der Waals surface area (Å²) in [4.78, 5) is 29.8. The lowest BCUT2D eigenvalue weighted by Gasteiger charge is -2.17. The molecule has 1 amide bonds. The highest BCUT2D eigenvalue weighted by atomic mass is 16.2. The minimum atomic E-state index is -0.191. The fourth-order valence-electron chi connectivity index (χ4n) is 1.99. The third-order valence-corrected chi connectivity index (χ3v) is 3.29. The van der Waals surface area contributed by atoms with E-state index in [0.717, 1.165) is 11.3 Å². The monoisotopic (exact) mass is 285 g/mol. The summed E-state index contributed by atoms with van der Waals surface area (Å²) >= 11 is 0. The first-order valence-electron chi connectivity index (χ1n) is 6.93. The van der Waals surface area contributed by atoms with Gasteiger partial charge in [-0.15, -0.1) is 0 Å². The van der Waals surface area contributed by atoms with E-state index in [2.05, 4.69) is 4.98 Å². The minimum absolute atomic E-state index is 0.0131. The molecule has 0 fully saturated rings. The quantitative estimate of drug-likeness (QED) is 0.836. The van der Waals surface area contributed by atoms with E-state index in [9.17, 15) is 9.59 Å². The van der Waals surface area contributed by atoms with Crippen molar-refractivity contribution in [2.75, 3.05) is 7.05 Å². The maximum absolute atomic E-state index is 12.2. The van der Waals surface area contributed by atoms with Gasteiger partial charge in [0.1, 0.15) is 6.54 Å².